The van der Waals surface area contributed by atoms with Gasteiger partial charge in [0, 0.05) is 22.4 Å². The summed E-state index contributed by atoms with van der Waals surface area (Å²) in [5.74, 6) is 0. The first-order valence-corrected chi connectivity index (χ1v) is 5.87. The quantitative estimate of drug-likeness (QED) is 0.745. The Hall–Kier alpha value is -0.670. The molecule has 0 amide bonds. The molecular weight excluding hydrogens is 192 g/mol. The summed E-state index contributed by atoms with van der Waals surface area (Å²) in [5.41, 5.74) is 7.95. The minimum atomic E-state index is 0.856. The Kier molecular flexibility index (Phi) is 2.99. The Morgan fingerprint density at radius 1 is 1.50 bits per heavy atom. The molecule has 0 aliphatic heterocycles. The lowest BCUT2D eigenvalue weighted by Gasteiger charge is -2.09. The number of benzene rings is 1. The van der Waals surface area contributed by atoms with Crippen molar-refractivity contribution in [2.45, 2.75) is 29.5 Å². The molecule has 3 N–H and O–H groups in total. The summed E-state index contributed by atoms with van der Waals surface area (Å²) in [6.07, 6.45) is 2.74. The van der Waals surface area contributed by atoms with Crippen LogP contribution in [0.3, 0.4) is 0 Å². The Bertz CT molecular complexity index is 321. The van der Waals surface area contributed by atoms with Gasteiger partial charge in [-0.3, -0.25) is 0 Å². The number of rotatable bonds is 4. The van der Waals surface area contributed by atoms with Gasteiger partial charge in [-0.05, 0) is 43.7 Å². The molecule has 0 saturated heterocycles. The molecule has 0 aromatic heterocycles. The lowest BCUT2D eigenvalue weighted by Crippen LogP contribution is -2.06. The van der Waals surface area contributed by atoms with Gasteiger partial charge in [0.2, 0.25) is 0 Å². The third-order valence-electron chi connectivity index (χ3n) is 2.27. The van der Waals surface area contributed by atoms with Gasteiger partial charge in [-0.15, -0.1) is 11.8 Å². The van der Waals surface area contributed by atoms with Gasteiger partial charge in [-0.25, -0.2) is 0 Å². The molecule has 76 valence electrons. The smallest absolute Gasteiger partial charge is 0.0318 e. The van der Waals surface area contributed by atoms with Crippen LogP contribution in [0.4, 0.5) is 5.69 Å². The Morgan fingerprint density at radius 2 is 2.29 bits per heavy atom. The Labute approximate surface area is 89.3 Å². The summed E-state index contributed by atoms with van der Waals surface area (Å²) in [6, 6.07) is 6.20. The number of hydrogen-bond donors (Lipinski definition) is 2. The van der Waals surface area contributed by atoms with E-state index in [0.717, 1.165) is 17.5 Å². The molecule has 2 rings (SSSR count). The lowest BCUT2D eigenvalue weighted by atomic mass is 10.2. The summed E-state index contributed by atoms with van der Waals surface area (Å²) in [6.45, 7) is 0.903. The van der Waals surface area contributed by atoms with Gasteiger partial charge in [0.05, 0.1) is 0 Å². The molecule has 1 aromatic carbocycles. The maximum absolute atomic E-state index is 5.77. The van der Waals surface area contributed by atoms with Crippen LogP contribution in [0.2, 0.25) is 0 Å². The Balaban J connectivity index is 2.17. The molecule has 0 atom stereocenters. The van der Waals surface area contributed by atoms with Gasteiger partial charge in [0.1, 0.15) is 0 Å². The molecule has 1 aliphatic carbocycles. The molecule has 1 aromatic rings. The first-order chi connectivity index (χ1) is 6.79. The summed E-state index contributed by atoms with van der Waals surface area (Å²) in [7, 11) is 1.97. The van der Waals surface area contributed by atoms with Crippen LogP contribution in [0.25, 0.3) is 0 Å². The fourth-order valence-corrected chi connectivity index (χ4v) is 2.57. The average Bonchev–Trinajstić information content (AvgIpc) is 2.94. The normalized spacial score (nSPS) is 15.8. The third kappa shape index (κ3) is 2.42. The van der Waals surface area contributed by atoms with Crippen molar-refractivity contribution in [3.63, 3.8) is 0 Å². The highest BCUT2D eigenvalue weighted by Gasteiger charge is 2.23. The van der Waals surface area contributed by atoms with Crippen LogP contribution >= 0.6 is 11.8 Å². The first kappa shape index (κ1) is 9.87. The molecule has 0 bridgehead atoms. The molecule has 0 radical (unpaired) electrons. The molecule has 3 heteroatoms. The van der Waals surface area contributed by atoms with Gasteiger partial charge in [0.15, 0.2) is 0 Å². The van der Waals surface area contributed by atoms with Crippen LogP contribution in [-0.2, 0) is 6.54 Å². The van der Waals surface area contributed by atoms with Crippen LogP contribution in [0, 0.1) is 0 Å². The second kappa shape index (κ2) is 4.24. The Morgan fingerprint density at radius 3 is 2.93 bits per heavy atom. The predicted octanol–water partition coefficient (Wildman–Crippen LogP) is 2.24. The van der Waals surface area contributed by atoms with Crippen LogP contribution in [0.15, 0.2) is 23.1 Å². The highest BCUT2D eigenvalue weighted by Crippen LogP contribution is 2.40. The molecule has 0 spiro atoms. The SMILES string of the molecule is CNCc1cc(N)ccc1SC1CC1. The summed E-state index contributed by atoms with van der Waals surface area (Å²) < 4.78 is 0. The topological polar surface area (TPSA) is 38.0 Å². The van der Waals surface area contributed by atoms with Crippen LogP contribution in [-0.4, -0.2) is 12.3 Å². The molecule has 2 nitrogen and oxygen atoms in total. The van der Waals surface area contributed by atoms with Crippen molar-refractivity contribution in [3.8, 4) is 0 Å². The number of nitrogens with one attached hydrogen (secondary N) is 1. The summed E-state index contributed by atoms with van der Waals surface area (Å²) >= 11 is 1.99. The summed E-state index contributed by atoms with van der Waals surface area (Å²) in [5, 5.41) is 4.03. The van der Waals surface area contributed by atoms with Crippen LogP contribution in [0.1, 0.15) is 18.4 Å². The summed E-state index contributed by atoms with van der Waals surface area (Å²) in [4.78, 5) is 1.39. The average molecular weight is 208 g/mol. The van der Waals surface area contributed by atoms with Crippen molar-refractivity contribution in [3.05, 3.63) is 23.8 Å². The second-order valence-electron chi connectivity index (χ2n) is 3.71. The standard InChI is InChI=1S/C11H16N2S/c1-13-7-8-6-9(12)2-5-11(8)14-10-3-4-10/h2,5-6,10,13H,3-4,7,12H2,1H3. The predicted molar refractivity (Wildman–Crippen MR) is 62.5 cm³/mol. The highest BCUT2D eigenvalue weighted by atomic mass is 32.2. The number of thioether (sulfide) groups is 1. The van der Waals surface area contributed by atoms with E-state index in [1.54, 1.807) is 0 Å². The van der Waals surface area contributed by atoms with Crippen LogP contribution in [0.5, 0.6) is 0 Å². The lowest BCUT2D eigenvalue weighted by molar-refractivity contribution is 0.804. The van der Waals surface area contributed by atoms with Crippen molar-refractivity contribution in [1.29, 1.82) is 0 Å². The zero-order valence-electron chi connectivity index (χ0n) is 8.42. The number of hydrogen-bond acceptors (Lipinski definition) is 3. The van der Waals surface area contributed by atoms with Gasteiger partial charge in [-0.2, -0.15) is 0 Å². The molecule has 1 aliphatic rings. The van der Waals surface area contributed by atoms with E-state index in [-0.39, 0.29) is 0 Å². The largest absolute Gasteiger partial charge is 0.399 e. The van der Waals surface area contributed by atoms with E-state index < -0.39 is 0 Å². The number of nitrogens with two attached hydrogens (primary N) is 1. The third-order valence-corrected chi connectivity index (χ3v) is 3.73. The molecule has 0 heterocycles. The van der Waals surface area contributed by atoms with E-state index in [2.05, 4.69) is 17.4 Å². The van der Waals surface area contributed by atoms with Gasteiger partial charge < -0.3 is 11.1 Å². The van der Waals surface area contributed by atoms with Gasteiger partial charge >= 0.3 is 0 Å². The maximum atomic E-state index is 5.77. The van der Waals surface area contributed by atoms with Crippen molar-refractivity contribution >= 4 is 17.4 Å². The van der Waals surface area contributed by atoms with Crippen molar-refractivity contribution in [2.75, 3.05) is 12.8 Å². The van der Waals surface area contributed by atoms with Crippen molar-refractivity contribution in [1.82, 2.24) is 5.32 Å². The van der Waals surface area contributed by atoms with Crippen molar-refractivity contribution in [2.24, 2.45) is 0 Å². The molecular formula is C11H16N2S. The van der Waals surface area contributed by atoms with E-state index >= 15 is 0 Å². The molecule has 0 unspecified atom stereocenters. The minimum Gasteiger partial charge on any atom is -0.399 e. The number of nitrogen functional groups attached to an aromatic ring is 1. The van der Waals surface area contributed by atoms with E-state index in [0.29, 0.717) is 0 Å². The second-order valence-corrected chi connectivity index (χ2v) is 5.06. The molecule has 1 saturated carbocycles. The van der Waals surface area contributed by atoms with E-state index in [4.69, 9.17) is 5.73 Å². The van der Waals surface area contributed by atoms with Gasteiger partial charge in [-0.1, -0.05) is 0 Å². The zero-order valence-corrected chi connectivity index (χ0v) is 9.23. The fraction of sp³-hybridized carbons (Fsp3) is 0.455. The van der Waals surface area contributed by atoms with Gasteiger partial charge in [0.25, 0.3) is 0 Å². The fourth-order valence-electron chi connectivity index (χ4n) is 1.41. The van der Waals surface area contributed by atoms with Crippen molar-refractivity contribution < 1.29 is 0 Å². The van der Waals surface area contributed by atoms with Crippen LogP contribution < -0.4 is 11.1 Å². The van der Waals surface area contributed by atoms with E-state index in [1.165, 1.54) is 23.3 Å². The minimum absolute atomic E-state index is 0.856. The van der Waals surface area contributed by atoms with E-state index in [9.17, 15) is 0 Å². The first-order valence-electron chi connectivity index (χ1n) is 4.99. The molecule has 14 heavy (non-hydrogen) atoms. The monoisotopic (exact) mass is 208 g/mol. The maximum Gasteiger partial charge on any atom is 0.0318 e. The zero-order chi connectivity index (χ0) is 9.97. The number of anilines is 1. The van der Waals surface area contributed by atoms with E-state index in [1.807, 2.05) is 24.9 Å². The molecule has 1 fully saturated rings. The highest BCUT2D eigenvalue weighted by molar-refractivity contribution is 8.00.